The summed E-state index contributed by atoms with van der Waals surface area (Å²) in [5, 5.41) is 12.8. The van der Waals surface area contributed by atoms with Gasteiger partial charge in [0.25, 0.3) is 5.91 Å². The third-order valence-electron chi connectivity index (χ3n) is 2.86. The van der Waals surface area contributed by atoms with Crippen molar-refractivity contribution in [1.29, 1.82) is 0 Å². The number of hydrogen-bond acceptors (Lipinski definition) is 2. The summed E-state index contributed by atoms with van der Waals surface area (Å²) in [4.78, 5) is 11.9. The van der Waals surface area contributed by atoms with Gasteiger partial charge in [-0.05, 0) is 37.0 Å². The van der Waals surface area contributed by atoms with Crippen LogP contribution in [0.3, 0.4) is 0 Å². The van der Waals surface area contributed by atoms with Crippen LogP contribution >= 0.6 is 11.6 Å². The molecular weight excluding hydrogens is 250 g/mol. The number of aryl methyl sites for hydroxylation is 1. The Morgan fingerprint density at radius 3 is 2.67 bits per heavy atom. The third kappa shape index (κ3) is 4.31. The number of aliphatic hydroxyl groups is 1. The molecule has 2 N–H and O–H groups in total. The molecule has 1 rings (SSSR count). The van der Waals surface area contributed by atoms with Gasteiger partial charge in [-0.3, -0.25) is 4.79 Å². The van der Waals surface area contributed by atoms with Crippen LogP contribution in [0.25, 0.3) is 0 Å². The molecule has 0 unspecified atom stereocenters. The van der Waals surface area contributed by atoms with Crippen LogP contribution in [0.2, 0.25) is 5.02 Å². The first-order chi connectivity index (χ1) is 8.41. The van der Waals surface area contributed by atoms with E-state index in [1.165, 1.54) is 0 Å². The van der Waals surface area contributed by atoms with Gasteiger partial charge in [0.15, 0.2) is 0 Å². The zero-order chi connectivity index (χ0) is 13.7. The summed E-state index contributed by atoms with van der Waals surface area (Å²) in [5.41, 5.74) is 1.49. The van der Waals surface area contributed by atoms with Crippen molar-refractivity contribution in [3.63, 3.8) is 0 Å². The van der Waals surface area contributed by atoms with Crippen molar-refractivity contribution >= 4 is 17.5 Å². The zero-order valence-corrected chi connectivity index (χ0v) is 11.8. The minimum Gasteiger partial charge on any atom is -0.393 e. The summed E-state index contributed by atoms with van der Waals surface area (Å²) >= 11 is 6.01. The Kier molecular flexibility index (Phi) is 5.63. The number of nitrogens with one attached hydrogen (secondary N) is 1. The highest BCUT2D eigenvalue weighted by Gasteiger charge is 2.12. The molecular formula is C14H20ClNO2. The van der Waals surface area contributed by atoms with Crippen molar-refractivity contribution < 1.29 is 9.90 Å². The normalized spacial score (nSPS) is 12.6. The van der Waals surface area contributed by atoms with Crippen LogP contribution in [0, 0.1) is 12.8 Å². The van der Waals surface area contributed by atoms with Gasteiger partial charge in [0.2, 0.25) is 0 Å². The van der Waals surface area contributed by atoms with E-state index < -0.39 is 6.10 Å². The second-order valence-corrected chi connectivity index (χ2v) is 5.25. The van der Waals surface area contributed by atoms with E-state index in [0.29, 0.717) is 23.6 Å². The largest absolute Gasteiger partial charge is 0.393 e. The molecule has 0 fully saturated rings. The first kappa shape index (κ1) is 15.0. The fourth-order valence-corrected chi connectivity index (χ4v) is 1.89. The molecule has 1 aromatic carbocycles. The molecule has 0 spiro atoms. The van der Waals surface area contributed by atoms with Crippen LogP contribution in [0.4, 0.5) is 0 Å². The van der Waals surface area contributed by atoms with Crippen LogP contribution in [-0.2, 0) is 0 Å². The molecule has 0 aliphatic rings. The van der Waals surface area contributed by atoms with Gasteiger partial charge >= 0.3 is 0 Å². The lowest BCUT2D eigenvalue weighted by molar-refractivity contribution is 0.0920. The topological polar surface area (TPSA) is 49.3 Å². The quantitative estimate of drug-likeness (QED) is 0.864. The minimum absolute atomic E-state index is 0.198. The number of benzene rings is 1. The van der Waals surface area contributed by atoms with Gasteiger partial charge in [-0.15, -0.1) is 0 Å². The van der Waals surface area contributed by atoms with Crippen LogP contribution in [0.1, 0.15) is 36.2 Å². The molecule has 0 saturated heterocycles. The van der Waals surface area contributed by atoms with Crippen molar-refractivity contribution in [2.24, 2.45) is 5.92 Å². The van der Waals surface area contributed by atoms with E-state index in [9.17, 15) is 9.90 Å². The lowest BCUT2D eigenvalue weighted by Gasteiger charge is -2.14. The number of rotatable bonds is 5. The maximum Gasteiger partial charge on any atom is 0.252 e. The zero-order valence-electron chi connectivity index (χ0n) is 11.0. The van der Waals surface area contributed by atoms with Gasteiger partial charge in [-0.25, -0.2) is 0 Å². The fraction of sp³-hybridized carbons (Fsp3) is 0.500. The molecule has 0 aliphatic heterocycles. The summed E-state index contributed by atoms with van der Waals surface area (Å²) in [6, 6.07) is 5.33. The van der Waals surface area contributed by atoms with Crippen molar-refractivity contribution in [3.8, 4) is 0 Å². The molecule has 0 bridgehead atoms. The summed E-state index contributed by atoms with van der Waals surface area (Å²) in [6.07, 6.45) is 0.158. The predicted octanol–water partition coefficient (Wildman–Crippen LogP) is 2.79. The molecule has 0 saturated carbocycles. The van der Waals surface area contributed by atoms with Crippen LogP contribution < -0.4 is 5.32 Å². The first-order valence-electron chi connectivity index (χ1n) is 6.14. The van der Waals surface area contributed by atoms with Crippen molar-refractivity contribution in [1.82, 2.24) is 5.32 Å². The van der Waals surface area contributed by atoms with Gasteiger partial charge in [0.05, 0.1) is 16.7 Å². The molecule has 0 aliphatic carbocycles. The monoisotopic (exact) mass is 269 g/mol. The molecule has 1 atom stereocenters. The summed E-state index contributed by atoms with van der Waals surface area (Å²) in [6.45, 7) is 6.27. The van der Waals surface area contributed by atoms with Gasteiger partial charge in [0.1, 0.15) is 0 Å². The molecule has 4 heteroatoms. The second-order valence-electron chi connectivity index (χ2n) is 4.84. The van der Waals surface area contributed by atoms with Gasteiger partial charge < -0.3 is 10.4 Å². The number of carbonyl (C=O) groups is 1. The highest BCUT2D eigenvalue weighted by atomic mass is 35.5. The second kappa shape index (κ2) is 6.76. The Morgan fingerprint density at radius 2 is 2.11 bits per heavy atom. The van der Waals surface area contributed by atoms with Gasteiger partial charge in [-0.2, -0.15) is 0 Å². The van der Waals surface area contributed by atoms with Crippen molar-refractivity contribution in [2.75, 3.05) is 6.54 Å². The maximum absolute atomic E-state index is 11.9. The van der Waals surface area contributed by atoms with E-state index in [2.05, 4.69) is 5.32 Å². The number of carbonyl (C=O) groups excluding carboxylic acids is 1. The number of halogens is 1. The van der Waals surface area contributed by atoms with Crippen LogP contribution in [-0.4, -0.2) is 23.7 Å². The van der Waals surface area contributed by atoms with E-state index in [1.807, 2.05) is 26.8 Å². The number of amides is 1. The molecule has 3 nitrogen and oxygen atoms in total. The fourth-order valence-electron chi connectivity index (χ4n) is 1.57. The van der Waals surface area contributed by atoms with E-state index in [4.69, 9.17) is 11.6 Å². The standard InChI is InChI=1S/C14H20ClNO2/c1-9(2)13(17)6-7-16-14(18)11-5-4-10(3)8-12(11)15/h4-5,8-9,13,17H,6-7H2,1-3H3,(H,16,18)/t13-/m0/s1. The Labute approximate surface area is 113 Å². The van der Waals surface area contributed by atoms with E-state index in [1.54, 1.807) is 12.1 Å². The van der Waals surface area contributed by atoms with Crippen molar-refractivity contribution in [3.05, 3.63) is 34.3 Å². The lowest BCUT2D eigenvalue weighted by atomic mass is 10.0. The summed E-state index contributed by atoms with van der Waals surface area (Å²) < 4.78 is 0. The van der Waals surface area contributed by atoms with Crippen LogP contribution in [0.15, 0.2) is 18.2 Å². The Hall–Kier alpha value is -1.06. The van der Waals surface area contributed by atoms with E-state index >= 15 is 0 Å². The first-order valence-corrected chi connectivity index (χ1v) is 6.52. The van der Waals surface area contributed by atoms with Crippen LogP contribution in [0.5, 0.6) is 0 Å². The molecule has 18 heavy (non-hydrogen) atoms. The van der Waals surface area contributed by atoms with Gasteiger partial charge in [0, 0.05) is 6.54 Å². The number of hydrogen-bond donors (Lipinski definition) is 2. The third-order valence-corrected chi connectivity index (χ3v) is 3.18. The maximum atomic E-state index is 11.9. The SMILES string of the molecule is Cc1ccc(C(=O)NCC[C@H](O)C(C)C)c(Cl)c1. The number of aliphatic hydroxyl groups excluding tert-OH is 1. The lowest BCUT2D eigenvalue weighted by Crippen LogP contribution is -2.28. The Bertz CT molecular complexity index is 418. The summed E-state index contributed by atoms with van der Waals surface area (Å²) in [5.74, 6) is 0.000760. The highest BCUT2D eigenvalue weighted by Crippen LogP contribution is 2.17. The molecule has 1 amide bonds. The van der Waals surface area contributed by atoms with E-state index in [-0.39, 0.29) is 11.8 Å². The molecule has 0 radical (unpaired) electrons. The molecule has 0 aromatic heterocycles. The van der Waals surface area contributed by atoms with Crippen molar-refractivity contribution in [2.45, 2.75) is 33.3 Å². The molecule has 1 aromatic rings. The predicted molar refractivity (Wildman–Crippen MR) is 74.0 cm³/mol. The average molecular weight is 270 g/mol. The van der Waals surface area contributed by atoms with E-state index in [0.717, 1.165) is 5.56 Å². The molecule has 100 valence electrons. The minimum atomic E-state index is -0.390. The average Bonchev–Trinajstić information content (AvgIpc) is 2.28. The van der Waals surface area contributed by atoms with Gasteiger partial charge in [-0.1, -0.05) is 31.5 Å². The highest BCUT2D eigenvalue weighted by molar-refractivity contribution is 6.33. The molecule has 0 heterocycles. The smallest absolute Gasteiger partial charge is 0.252 e. The Balaban J connectivity index is 2.51. The summed E-state index contributed by atoms with van der Waals surface area (Å²) in [7, 11) is 0. The Morgan fingerprint density at radius 1 is 1.44 bits per heavy atom.